The number of thioether (sulfide) groups is 1. The number of benzene rings is 1. The highest BCUT2D eigenvalue weighted by Gasteiger charge is 2.27. The second-order valence-electron chi connectivity index (χ2n) is 4.49. The molecule has 0 spiro atoms. The van der Waals surface area contributed by atoms with E-state index in [1.807, 2.05) is 13.0 Å². The molecular weight excluding hydrogens is 303 g/mol. The molecule has 0 aliphatic carbocycles. The molecular formula is C14H20F3NO2S. The fourth-order valence-electron chi connectivity index (χ4n) is 1.72. The number of halogens is 3. The van der Waals surface area contributed by atoms with E-state index in [2.05, 4.69) is 0 Å². The lowest BCUT2D eigenvalue weighted by molar-refractivity contribution is -0.0329. The lowest BCUT2D eigenvalue weighted by Crippen LogP contribution is -2.22. The molecule has 1 aromatic rings. The molecule has 0 heterocycles. The Bertz CT molecular complexity index is 441. The summed E-state index contributed by atoms with van der Waals surface area (Å²) in [5, 5.41) is 0. The average molecular weight is 323 g/mol. The molecule has 1 aromatic carbocycles. The number of nitrogens with two attached hydrogens (primary N) is 1. The van der Waals surface area contributed by atoms with Crippen LogP contribution in [0, 0.1) is 0 Å². The van der Waals surface area contributed by atoms with Crippen molar-refractivity contribution >= 4 is 11.8 Å². The van der Waals surface area contributed by atoms with Gasteiger partial charge in [-0.1, -0.05) is 6.92 Å². The number of hydrogen-bond donors (Lipinski definition) is 1. The van der Waals surface area contributed by atoms with E-state index in [-0.39, 0.29) is 30.2 Å². The van der Waals surface area contributed by atoms with Crippen LogP contribution in [-0.2, 0) is 6.42 Å². The van der Waals surface area contributed by atoms with Crippen molar-refractivity contribution in [2.45, 2.75) is 31.3 Å². The summed E-state index contributed by atoms with van der Waals surface area (Å²) in [5.41, 5.74) is 2.55. The van der Waals surface area contributed by atoms with Crippen LogP contribution in [0.2, 0.25) is 0 Å². The van der Waals surface area contributed by atoms with Gasteiger partial charge < -0.3 is 15.2 Å². The van der Waals surface area contributed by atoms with Crippen LogP contribution in [0.15, 0.2) is 18.2 Å². The minimum Gasteiger partial charge on any atom is -0.497 e. The first-order valence-electron chi connectivity index (χ1n) is 6.61. The van der Waals surface area contributed by atoms with Gasteiger partial charge in [-0.3, -0.25) is 0 Å². The van der Waals surface area contributed by atoms with E-state index >= 15 is 0 Å². The maximum atomic E-state index is 12.1. The van der Waals surface area contributed by atoms with Crippen molar-refractivity contribution in [2.24, 2.45) is 5.73 Å². The summed E-state index contributed by atoms with van der Waals surface area (Å²) in [5.74, 6) is 1.09. The van der Waals surface area contributed by atoms with Gasteiger partial charge in [-0.05, 0) is 48.4 Å². The predicted molar refractivity (Wildman–Crippen MR) is 79.0 cm³/mol. The lowest BCUT2D eigenvalue weighted by atomic mass is 10.0. The molecule has 0 bridgehead atoms. The first kappa shape index (κ1) is 18.0. The topological polar surface area (TPSA) is 44.5 Å². The smallest absolute Gasteiger partial charge is 0.441 e. The van der Waals surface area contributed by atoms with E-state index in [9.17, 15) is 13.2 Å². The third kappa shape index (κ3) is 6.95. The summed E-state index contributed by atoms with van der Waals surface area (Å²) >= 11 is -0.0896. The molecule has 1 unspecified atom stereocenters. The van der Waals surface area contributed by atoms with Crippen LogP contribution < -0.4 is 15.2 Å². The third-order valence-corrected chi connectivity index (χ3v) is 3.58. The molecule has 0 saturated heterocycles. The highest BCUT2D eigenvalue weighted by atomic mass is 32.2. The van der Waals surface area contributed by atoms with Crippen LogP contribution in [0.4, 0.5) is 13.2 Å². The molecule has 0 aromatic heterocycles. The molecule has 7 heteroatoms. The SMILES string of the molecule is CCC(N)Cc1cc(OC)ccc1OCCSC(F)(F)F. The molecule has 0 radical (unpaired) electrons. The Morgan fingerprint density at radius 2 is 2.05 bits per heavy atom. The van der Waals surface area contributed by atoms with Crippen molar-refractivity contribution in [3.8, 4) is 11.5 Å². The molecule has 0 saturated carbocycles. The van der Waals surface area contributed by atoms with Gasteiger partial charge in [-0.2, -0.15) is 13.2 Å². The van der Waals surface area contributed by atoms with Crippen molar-refractivity contribution in [1.29, 1.82) is 0 Å². The Morgan fingerprint density at radius 1 is 1.33 bits per heavy atom. The second-order valence-corrected chi connectivity index (χ2v) is 5.65. The molecule has 120 valence electrons. The fraction of sp³-hybridized carbons (Fsp3) is 0.571. The van der Waals surface area contributed by atoms with E-state index in [1.165, 1.54) is 0 Å². The largest absolute Gasteiger partial charge is 0.497 e. The molecule has 0 fully saturated rings. The number of methoxy groups -OCH3 is 1. The summed E-state index contributed by atoms with van der Waals surface area (Å²) in [6, 6.07) is 5.20. The van der Waals surface area contributed by atoms with Gasteiger partial charge in [-0.15, -0.1) is 0 Å². The molecule has 0 aliphatic heterocycles. The molecule has 3 nitrogen and oxygen atoms in total. The minimum atomic E-state index is -4.23. The van der Waals surface area contributed by atoms with Crippen LogP contribution in [0.3, 0.4) is 0 Å². The quantitative estimate of drug-likeness (QED) is 0.742. The summed E-state index contributed by atoms with van der Waals surface area (Å²) in [7, 11) is 1.55. The van der Waals surface area contributed by atoms with Gasteiger partial charge in [0.15, 0.2) is 0 Å². The first-order valence-corrected chi connectivity index (χ1v) is 7.60. The lowest BCUT2D eigenvalue weighted by Gasteiger charge is -2.15. The van der Waals surface area contributed by atoms with Crippen molar-refractivity contribution in [2.75, 3.05) is 19.5 Å². The van der Waals surface area contributed by atoms with Gasteiger partial charge in [0.1, 0.15) is 11.5 Å². The van der Waals surface area contributed by atoms with E-state index in [1.54, 1.807) is 19.2 Å². The van der Waals surface area contributed by atoms with Gasteiger partial charge in [0.25, 0.3) is 0 Å². The fourth-order valence-corrected chi connectivity index (χ4v) is 2.12. The Balaban J connectivity index is 2.66. The Kier molecular flexibility index (Phi) is 7.17. The zero-order chi connectivity index (χ0) is 15.9. The van der Waals surface area contributed by atoms with E-state index in [4.69, 9.17) is 15.2 Å². The maximum Gasteiger partial charge on any atom is 0.441 e. The van der Waals surface area contributed by atoms with Gasteiger partial charge >= 0.3 is 5.51 Å². The summed E-state index contributed by atoms with van der Waals surface area (Å²) in [4.78, 5) is 0. The zero-order valence-corrected chi connectivity index (χ0v) is 12.9. The van der Waals surface area contributed by atoms with Gasteiger partial charge in [0, 0.05) is 11.8 Å². The van der Waals surface area contributed by atoms with Crippen LogP contribution in [0.5, 0.6) is 11.5 Å². The highest BCUT2D eigenvalue weighted by Crippen LogP contribution is 2.30. The van der Waals surface area contributed by atoms with Gasteiger partial charge in [0.2, 0.25) is 0 Å². The molecule has 0 amide bonds. The van der Waals surface area contributed by atoms with Crippen LogP contribution >= 0.6 is 11.8 Å². The Labute approximate surface area is 127 Å². The summed E-state index contributed by atoms with van der Waals surface area (Å²) in [6.07, 6.45) is 1.40. The van der Waals surface area contributed by atoms with Crippen molar-refractivity contribution < 1.29 is 22.6 Å². The summed E-state index contributed by atoms with van der Waals surface area (Å²) in [6.45, 7) is 1.97. The normalized spacial score (nSPS) is 13.0. The second kappa shape index (κ2) is 8.38. The van der Waals surface area contributed by atoms with Crippen LogP contribution in [0.1, 0.15) is 18.9 Å². The predicted octanol–water partition coefficient (Wildman–Crippen LogP) is 3.61. The summed E-state index contributed by atoms with van der Waals surface area (Å²) < 4.78 is 46.7. The minimum absolute atomic E-state index is 0.00906. The van der Waals surface area contributed by atoms with E-state index in [0.29, 0.717) is 17.9 Å². The number of rotatable bonds is 8. The van der Waals surface area contributed by atoms with Crippen molar-refractivity contribution in [3.63, 3.8) is 0 Å². The molecule has 1 rings (SSSR count). The number of hydrogen-bond acceptors (Lipinski definition) is 4. The first-order chi connectivity index (χ1) is 9.85. The zero-order valence-electron chi connectivity index (χ0n) is 12.1. The van der Waals surface area contributed by atoms with Gasteiger partial charge in [0.05, 0.1) is 13.7 Å². The maximum absolute atomic E-state index is 12.1. The molecule has 2 N–H and O–H groups in total. The Morgan fingerprint density at radius 3 is 2.62 bits per heavy atom. The van der Waals surface area contributed by atoms with Gasteiger partial charge in [-0.25, -0.2) is 0 Å². The van der Waals surface area contributed by atoms with Crippen LogP contribution in [-0.4, -0.2) is 31.0 Å². The third-order valence-electron chi connectivity index (χ3n) is 2.88. The van der Waals surface area contributed by atoms with Crippen LogP contribution in [0.25, 0.3) is 0 Å². The average Bonchev–Trinajstić information content (AvgIpc) is 2.43. The molecule has 21 heavy (non-hydrogen) atoms. The highest BCUT2D eigenvalue weighted by molar-refractivity contribution is 8.00. The molecule has 1 atom stereocenters. The number of alkyl halides is 3. The van der Waals surface area contributed by atoms with E-state index in [0.717, 1.165) is 12.0 Å². The van der Waals surface area contributed by atoms with Crippen molar-refractivity contribution in [1.82, 2.24) is 0 Å². The monoisotopic (exact) mass is 323 g/mol. The Hall–Kier alpha value is -1.08. The van der Waals surface area contributed by atoms with Crippen molar-refractivity contribution in [3.05, 3.63) is 23.8 Å². The van der Waals surface area contributed by atoms with E-state index < -0.39 is 5.51 Å². The number of ether oxygens (including phenoxy) is 2. The molecule has 0 aliphatic rings. The standard InChI is InChI=1S/C14H20F3NO2S/c1-3-11(18)8-10-9-12(19-2)4-5-13(10)20-6-7-21-14(15,16)17/h4-5,9,11H,3,6-8,18H2,1-2H3.